The van der Waals surface area contributed by atoms with Crippen molar-refractivity contribution in [3.05, 3.63) is 26.9 Å². The molecule has 0 aliphatic carbocycles. The molecule has 0 unspecified atom stereocenters. The number of rotatable bonds is 3. The fourth-order valence-corrected chi connectivity index (χ4v) is 2.82. The average Bonchev–Trinajstić information content (AvgIpc) is 2.45. The summed E-state index contributed by atoms with van der Waals surface area (Å²) in [6.45, 7) is 6.51. The molecule has 8 nitrogen and oxygen atoms in total. The molecule has 0 aromatic carbocycles. The van der Waals surface area contributed by atoms with Gasteiger partial charge in [0.25, 0.3) is 0 Å². The molecule has 2 rings (SSSR count). The molecule has 0 saturated carbocycles. The smallest absolute Gasteiger partial charge is 0.410 e. The Morgan fingerprint density at radius 3 is 2.88 bits per heavy atom. The standard InChI is InChI=1S/C15H21BrN4O4/c1-15(2,3)24-14(21)19-6-4-5-11(9-19)18-12-7-10(16)8-17-13(12)20(22)23/h7-8,11,18H,4-6,9H2,1-3H3/t11-/m0/s1. The second-order valence-electron chi connectivity index (χ2n) is 6.69. The highest BCUT2D eigenvalue weighted by Gasteiger charge is 2.29. The zero-order valence-electron chi connectivity index (χ0n) is 13.9. The van der Waals surface area contributed by atoms with E-state index in [9.17, 15) is 14.9 Å². The zero-order valence-corrected chi connectivity index (χ0v) is 15.5. The summed E-state index contributed by atoms with van der Waals surface area (Å²) < 4.78 is 6.04. The molecule has 1 aliphatic rings. The molecular weight excluding hydrogens is 380 g/mol. The molecule has 1 amide bonds. The molecule has 24 heavy (non-hydrogen) atoms. The number of nitrogens with zero attached hydrogens (tertiary/aromatic N) is 3. The van der Waals surface area contributed by atoms with Gasteiger partial charge in [0.2, 0.25) is 0 Å². The van der Waals surface area contributed by atoms with E-state index < -0.39 is 10.5 Å². The van der Waals surface area contributed by atoms with Crippen LogP contribution in [0.25, 0.3) is 0 Å². The van der Waals surface area contributed by atoms with Crippen molar-refractivity contribution in [3.8, 4) is 0 Å². The number of ether oxygens (including phenoxy) is 1. The lowest BCUT2D eigenvalue weighted by Gasteiger charge is -2.34. The van der Waals surface area contributed by atoms with Crippen LogP contribution in [0.1, 0.15) is 33.6 Å². The van der Waals surface area contributed by atoms with Gasteiger partial charge in [0.1, 0.15) is 11.3 Å². The number of piperidine rings is 1. The third-order valence-electron chi connectivity index (χ3n) is 3.44. The van der Waals surface area contributed by atoms with E-state index in [1.165, 1.54) is 6.20 Å². The number of nitrogens with one attached hydrogen (secondary N) is 1. The monoisotopic (exact) mass is 400 g/mol. The average molecular weight is 401 g/mol. The van der Waals surface area contributed by atoms with E-state index in [-0.39, 0.29) is 18.0 Å². The molecule has 1 fully saturated rings. The summed E-state index contributed by atoms with van der Waals surface area (Å²) in [5, 5.41) is 14.2. The van der Waals surface area contributed by atoms with Gasteiger partial charge in [-0.25, -0.2) is 4.79 Å². The van der Waals surface area contributed by atoms with Gasteiger partial charge in [-0.3, -0.25) is 0 Å². The minimum absolute atomic E-state index is 0.0962. The van der Waals surface area contributed by atoms with E-state index in [2.05, 4.69) is 26.2 Å². The van der Waals surface area contributed by atoms with Crippen LogP contribution in [0.4, 0.5) is 16.3 Å². The summed E-state index contributed by atoms with van der Waals surface area (Å²) in [7, 11) is 0. The highest BCUT2D eigenvalue weighted by molar-refractivity contribution is 9.10. The Hall–Kier alpha value is -1.90. The number of carbonyl (C=O) groups is 1. The number of amides is 1. The molecule has 9 heteroatoms. The molecule has 1 aromatic rings. The Morgan fingerprint density at radius 2 is 2.25 bits per heavy atom. The minimum Gasteiger partial charge on any atom is -0.444 e. The van der Waals surface area contributed by atoms with Gasteiger partial charge in [-0.15, -0.1) is 0 Å². The van der Waals surface area contributed by atoms with Crippen LogP contribution in [-0.4, -0.2) is 45.6 Å². The second kappa shape index (κ2) is 7.33. The Balaban J connectivity index is 2.07. The van der Waals surface area contributed by atoms with Crippen molar-refractivity contribution in [3.63, 3.8) is 0 Å². The van der Waals surface area contributed by atoms with Gasteiger partial charge in [-0.1, -0.05) is 0 Å². The number of pyridine rings is 1. The van der Waals surface area contributed by atoms with Crippen molar-refractivity contribution >= 4 is 33.5 Å². The van der Waals surface area contributed by atoms with Crippen molar-refractivity contribution in [2.45, 2.75) is 45.3 Å². The highest BCUT2D eigenvalue weighted by Crippen LogP contribution is 2.27. The SMILES string of the molecule is CC(C)(C)OC(=O)N1CCC[C@H](Nc2cc(Br)cnc2[N+](=O)[O-])C1. The molecule has 1 aliphatic heterocycles. The van der Waals surface area contributed by atoms with Gasteiger partial charge in [0, 0.05) is 19.1 Å². The minimum atomic E-state index is -0.551. The molecule has 2 heterocycles. The van der Waals surface area contributed by atoms with Crippen molar-refractivity contribution in [2.24, 2.45) is 0 Å². The number of carbonyl (C=O) groups excluding carboxylic acids is 1. The predicted molar refractivity (Wildman–Crippen MR) is 93.0 cm³/mol. The van der Waals surface area contributed by atoms with Crippen LogP contribution in [0.15, 0.2) is 16.7 Å². The second-order valence-corrected chi connectivity index (χ2v) is 7.61. The molecule has 0 radical (unpaired) electrons. The van der Waals surface area contributed by atoms with E-state index in [0.717, 1.165) is 12.8 Å². The van der Waals surface area contributed by atoms with E-state index in [0.29, 0.717) is 23.2 Å². The maximum atomic E-state index is 12.2. The molecule has 132 valence electrons. The molecule has 1 aromatic heterocycles. The number of hydrogen-bond acceptors (Lipinski definition) is 6. The molecular formula is C15H21BrN4O4. The first-order valence-electron chi connectivity index (χ1n) is 7.70. The lowest BCUT2D eigenvalue weighted by Crippen LogP contribution is -2.47. The van der Waals surface area contributed by atoms with Crippen LogP contribution in [-0.2, 0) is 4.74 Å². The molecule has 1 saturated heterocycles. The summed E-state index contributed by atoms with van der Waals surface area (Å²) >= 11 is 3.27. The van der Waals surface area contributed by atoms with Crippen molar-refractivity contribution in [2.75, 3.05) is 18.4 Å². The van der Waals surface area contributed by atoms with Crippen molar-refractivity contribution < 1.29 is 14.5 Å². The predicted octanol–water partition coefficient (Wildman–Crippen LogP) is 3.56. The largest absolute Gasteiger partial charge is 0.444 e. The van der Waals surface area contributed by atoms with E-state index >= 15 is 0 Å². The van der Waals surface area contributed by atoms with E-state index in [1.54, 1.807) is 11.0 Å². The first-order chi connectivity index (χ1) is 11.2. The van der Waals surface area contributed by atoms with Crippen molar-refractivity contribution in [1.29, 1.82) is 0 Å². The number of nitro groups is 1. The number of halogens is 1. The van der Waals surface area contributed by atoms with Crippen LogP contribution in [0, 0.1) is 10.1 Å². The lowest BCUT2D eigenvalue weighted by molar-refractivity contribution is -0.388. The van der Waals surface area contributed by atoms with E-state index in [1.807, 2.05) is 20.8 Å². The quantitative estimate of drug-likeness (QED) is 0.614. The maximum absolute atomic E-state index is 12.2. The summed E-state index contributed by atoms with van der Waals surface area (Å²) in [5.74, 6) is -0.229. The topological polar surface area (TPSA) is 97.6 Å². The zero-order chi connectivity index (χ0) is 17.9. The van der Waals surface area contributed by atoms with Crippen LogP contribution >= 0.6 is 15.9 Å². The normalized spacial score (nSPS) is 18.2. The van der Waals surface area contributed by atoms with Gasteiger partial charge >= 0.3 is 11.9 Å². The summed E-state index contributed by atoms with van der Waals surface area (Å²) in [4.78, 5) is 28.2. The lowest BCUT2D eigenvalue weighted by atomic mass is 10.1. The number of likely N-dealkylation sites (tertiary alicyclic amines) is 1. The summed E-state index contributed by atoms with van der Waals surface area (Å²) in [6.07, 6.45) is 2.63. The fourth-order valence-electron chi connectivity index (χ4n) is 2.49. The third kappa shape index (κ3) is 5.05. The van der Waals surface area contributed by atoms with Gasteiger partial charge in [0.15, 0.2) is 6.20 Å². The van der Waals surface area contributed by atoms with Crippen LogP contribution in [0.2, 0.25) is 0 Å². The Labute approximate surface area is 148 Å². The van der Waals surface area contributed by atoms with Crippen LogP contribution < -0.4 is 5.32 Å². The van der Waals surface area contributed by atoms with Gasteiger partial charge in [-0.2, -0.15) is 0 Å². The molecule has 0 bridgehead atoms. The Morgan fingerprint density at radius 1 is 1.54 bits per heavy atom. The maximum Gasteiger partial charge on any atom is 0.410 e. The first-order valence-corrected chi connectivity index (χ1v) is 8.49. The van der Waals surface area contributed by atoms with Gasteiger partial charge < -0.3 is 25.1 Å². The van der Waals surface area contributed by atoms with Gasteiger partial charge in [0.05, 0.1) is 4.47 Å². The number of aromatic nitrogens is 1. The number of anilines is 1. The first kappa shape index (κ1) is 18.4. The van der Waals surface area contributed by atoms with Crippen LogP contribution in [0.3, 0.4) is 0 Å². The molecule has 0 spiro atoms. The Kier molecular flexibility index (Phi) is 5.63. The third-order valence-corrected chi connectivity index (χ3v) is 3.87. The van der Waals surface area contributed by atoms with Crippen molar-refractivity contribution in [1.82, 2.24) is 9.88 Å². The Bertz CT molecular complexity index is 632. The fraction of sp³-hybridized carbons (Fsp3) is 0.600. The van der Waals surface area contributed by atoms with Crippen LogP contribution in [0.5, 0.6) is 0 Å². The number of hydrogen-bond donors (Lipinski definition) is 1. The van der Waals surface area contributed by atoms with E-state index in [4.69, 9.17) is 4.74 Å². The molecule has 1 atom stereocenters. The highest BCUT2D eigenvalue weighted by atomic mass is 79.9. The molecule has 1 N–H and O–H groups in total. The summed E-state index contributed by atoms with van der Waals surface area (Å²) in [6, 6.07) is 1.53. The van der Waals surface area contributed by atoms with Gasteiger partial charge in [-0.05, 0) is 65.5 Å². The summed E-state index contributed by atoms with van der Waals surface area (Å²) in [5.41, 5.74) is -0.213.